The van der Waals surface area contributed by atoms with Crippen LogP contribution in [0.4, 0.5) is 0 Å². The quantitative estimate of drug-likeness (QED) is 0.203. The van der Waals surface area contributed by atoms with Crippen LogP contribution in [0.2, 0.25) is 0 Å². The van der Waals surface area contributed by atoms with Gasteiger partial charge >= 0.3 is 0 Å². The molecule has 1 fully saturated rings. The van der Waals surface area contributed by atoms with Crippen LogP contribution in [0, 0.1) is 0 Å². The van der Waals surface area contributed by atoms with Crippen LogP contribution in [0.3, 0.4) is 0 Å². The largest absolute Gasteiger partial charge is 0.394 e. The third-order valence-corrected chi connectivity index (χ3v) is 3.68. The molecule has 1 heterocycles. The van der Waals surface area contributed by atoms with Gasteiger partial charge in [0.15, 0.2) is 6.29 Å². The summed E-state index contributed by atoms with van der Waals surface area (Å²) in [5, 5.41) is 76.4. The second-order valence-electron chi connectivity index (χ2n) is 5.34. The fraction of sp³-hybridized carbons (Fsp3) is 1.00. The molecule has 23 heavy (non-hydrogen) atoms. The number of hydrogen-bond acceptors (Lipinski definition) is 11. The first-order valence-electron chi connectivity index (χ1n) is 7.09. The number of rotatable bonds is 8. The second-order valence-corrected chi connectivity index (χ2v) is 5.34. The van der Waals surface area contributed by atoms with Gasteiger partial charge in [0.05, 0.1) is 19.3 Å². The molecule has 0 aromatic carbocycles. The van der Waals surface area contributed by atoms with Gasteiger partial charge in [0.25, 0.3) is 0 Å². The van der Waals surface area contributed by atoms with Crippen LogP contribution >= 0.6 is 0 Å². The lowest BCUT2D eigenvalue weighted by Gasteiger charge is -2.42. The van der Waals surface area contributed by atoms with Crippen molar-refractivity contribution in [1.29, 1.82) is 0 Å². The standard InChI is InChI=1S/C12H25NO10/c13-1-4(16)7(18)11(5(17)2-14)23-12-10(21)9(20)8(19)6(3-15)22-12/h4-12,14-21H,1-3,13H2/t4-,5+,6+,7+,8+,9-,10+,11?,12+/m0/s1. The van der Waals surface area contributed by atoms with Crippen molar-refractivity contribution in [2.45, 2.75) is 55.1 Å². The SMILES string of the molecule is NC[C@H](O)[C@@H](O)C(O[C@H]1O[C@H](CO)[C@@H](O)[C@H](O)[C@H]1O)[C@H](O)CO. The molecule has 9 atom stereocenters. The lowest BCUT2D eigenvalue weighted by Crippen LogP contribution is -2.61. The molecule has 1 rings (SSSR count). The molecule has 0 amide bonds. The molecule has 0 radical (unpaired) electrons. The van der Waals surface area contributed by atoms with E-state index in [0.29, 0.717) is 0 Å². The van der Waals surface area contributed by atoms with Gasteiger partial charge in [0, 0.05) is 6.54 Å². The summed E-state index contributed by atoms with van der Waals surface area (Å²) in [5.41, 5.74) is 5.20. The van der Waals surface area contributed by atoms with E-state index in [1.54, 1.807) is 0 Å². The van der Waals surface area contributed by atoms with Crippen molar-refractivity contribution in [3.63, 3.8) is 0 Å². The summed E-state index contributed by atoms with van der Waals surface area (Å²) in [6.45, 7) is -1.89. The zero-order valence-electron chi connectivity index (χ0n) is 12.3. The summed E-state index contributed by atoms with van der Waals surface area (Å²) in [5.74, 6) is 0. The van der Waals surface area contributed by atoms with Crippen LogP contribution in [0.25, 0.3) is 0 Å². The zero-order valence-corrected chi connectivity index (χ0v) is 12.3. The van der Waals surface area contributed by atoms with E-state index in [2.05, 4.69) is 0 Å². The average Bonchev–Trinajstić information content (AvgIpc) is 2.57. The summed E-state index contributed by atoms with van der Waals surface area (Å²) in [6.07, 6.45) is -14.5. The van der Waals surface area contributed by atoms with Gasteiger partial charge < -0.3 is 56.1 Å². The van der Waals surface area contributed by atoms with Gasteiger partial charge in [0.2, 0.25) is 0 Å². The van der Waals surface area contributed by atoms with Crippen molar-refractivity contribution >= 4 is 0 Å². The first-order chi connectivity index (χ1) is 10.8. The van der Waals surface area contributed by atoms with Gasteiger partial charge in [-0.25, -0.2) is 0 Å². The van der Waals surface area contributed by atoms with Gasteiger partial charge in [-0.3, -0.25) is 0 Å². The summed E-state index contributed by atoms with van der Waals surface area (Å²) in [4.78, 5) is 0. The van der Waals surface area contributed by atoms with Crippen molar-refractivity contribution < 1.29 is 50.3 Å². The first-order valence-corrected chi connectivity index (χ1v) is 7.09. The Labute approximate surface area is 132 Å². The van der Waals surface area contributed by atoms with Crippen LogP contribution in [-0.4, -0.2) is 116 Å². The summed E-state index contributed by atoms with van der Waals surface area (Å²) < 4.78 is 10.2. The topological polar surface area (TPSA) is 206 Å². The Morgan fingerprint density at radius 3 is 2.04 bits per heavy atom. The van der Waals surface area contributed by atoms with Gasteiger partial charge in [-0.2, -0.15) is 0 Å². The van der Waals surface area contributed by atoms with E-state index < -0.39 is 68.3 Å². The molecule has 0 bridgehead atoms. The fourth-order valence-electron chi connectivity index (χ4n) is 2.20. The molecular weight excluding hydrogens is 318 g/mol. The van der Waals surface area contributed by atoms with E-state index in [1.165, 1.54) is 0 Å². The fourth-order valence-corrected chi connectivity index (χ4v) is 2.20. The van der Waals surface area contributed by atoms with E-state index in [9.17, 15) is 30.6 Å². The van der Waals surface area contributed by atoms with Crippen LogP contribution in [0.1, 0.15) is 0 Å². The second kappa shape index (κ2) is 9.15. The molecule has 11 heteroatoms. The molecule has 138 valence electrons. The van der Waals surface area contributed by atoms with Crippen LogP contribution < -0.4 is 5.73 Å². The normalized spacial score (nSPS) is 37.2. The minimum absolute atomic E-state index is 0.367. The van der Waals surface area contributed by atoms with E-state index in [1.807, 2.05) is 0 Å². The van der Waals surface area contributed by atoms with Gasteiger partial charge in [-0.15, -0.1) is 0 Å². The highest BCUT2D eigenvalue weighted by atomic mass is 16.7. The number of nitrogens with two attached hydrogens (primary N) is 1. The van der Waals surface area contributed by atoms with E-state index in [-0.39, 0.29) is 6.54 Å². The van der Waals surface area contributed by atoms with Crippen LogP contribution in [0.5, 0.6) is 0 Å². The Bertz CT molecular complexity index is 346. The summed E-state index contributed by atoms with van der Waals surface area (Å²) in [6, 6.07) is 0. The maximum atomic E-state index is 9.91. The first kappa shape index (κ1) is 20.6. The minimum atomic E-state index is -1.76. The number of hydrogen-bond donors (Lipinski definition) is 9. The van der Waals surface area contributed by atoms with E-state index in [4.69, 9.17) is 25.4 Å². The molecule has 1 aliphatic heterocycles. The maximum Gasteiger partial charge on any atom is 0.187 e. The minimum Gasteiger partial charge on any atom is -0.394 e. The van der Waals surface area contributed by atoms with Crippen molar-refractivity contribution in [1.82, 2.24) is 0 Å². The third kappa shape index (κ3) is 4.78. The van der Waals surface area contributed by atoms with Crippen molar-refractivity contribution in [3.8, 4) is 0 Å². The molecular formula is C12H25NO10. The highest BCUT2D eigenvalue weighted by Crippen LogP contribution is 2.24. The Balaban J connectivity index is 2.89. The van der Waals surface area contributed by atoms with Gasteiger partial charge in [-0.05, 0) is 0 Å². The molecule has 1 aliphatic rings. The molecule has 0 aromatic heterocycles. The van der Waals surface area contributed by atoms with Gasteiger partial charge in [-0.1, -0.05) is 0 Å². The smallest absolute Gasteiger partial charge is 0.187 e. The summed E-state index contributed by atoms with van der Waals surface area (Å²) in [7, 11) is 0. The van der Waals surface area contributed by atoms with Crippen LogP contribution in [0.15, 0.2) is 0 Å². The Hall–Kier alpha value is -0.440. The molecule has 10 N–H and O–H groups in total. The monoisotopic (exact) mass is 343 g/mol. The molecule has 0 spiro atoms. The Morgan fingerprint density at radius 1 is 0.957 bits per heavy atom. The van der Waals surface area contributed by atoms with E-state index >= 15 is 0 Å². The van der Waals surface area contributed by atoms with Crippen molar-refractivity contribution in [3.05, 3.63) is 0 Å². The van der Waals surface area contributed by atoms with E-state index in [0.717, 1.165) is 0 Å². The Kier molecular flexibility index (Phi) is 8.20. The molecule has 0 saturated carbocycles. The molecule has 0 aliphatic carbocycles. The molecule has 0 aromatic rings. The predicted molar refractivity (Wildman–Crippen MR) is 72.8 cm³/mol. The lowest BCUT2D eigenvalue weighted by atomic mass is 9.98. The van der Waals surface area contributed by atoms with Gasteiger partial charge in [0.1, 0.15) is 42.7 Å². The number of aliphatic hydroxyl groups excluding tert-OH is 8. The average molecular weight is 343 g/mol. The van der Waals surface area contributed by atoms with Crippen molar-refractivity contribution in [2.24, 2.45) is 5.73 Å². The Morgan fingerprint density at radius 2 is 1.57 bits per heavy atom. The number of aliphatic hydroxyl groups is 8. The third-order valence-electron chi connectivity index (χ3n) is 3.68. The summed E-state index contributed by atoms with van der Waals surface area (Å²) >= 11 is 0. The highest BCUT2D eigenvalue weighted by Gasteiger charge is 2.46. The van der Waals surface area contributed by atoms with Crippen LogP contribution in [-0.2, 0) is 9.47 Å². The van der Waals surface area contributed by atoms with Crippen molar-refractivity contribution in [2.75, 3.05) is 19.8 Å². The number of ether oxygens (including phenoxy) is 2. The lowest BCUT2D eigenvalue weighted by molar-refractivity contribution is -0.327. The molecule has 1 unspecified atom stereocenters. The highest BCUT2D eigenvalue weighted by molar-refractivity contribution is 4.91. The zero-order chi connectivity index (χ0) is 17.7. The molecule has 11 nitrogen and oxygen atoms in total. The maximum absolute atomic E-state index is 9.91. The molecule has 1 saturated heterocycles. The predicted octanol–water partition coefficient (Wildman–Crippen LogP) is -5.79.